The van der Waals surface area contributed by atoms with E-state index in [1.54, 1.807) is 18.2 Å². The smallest absolute Gasteiger partial charge is 0.340 e. The highest BCUT2D eigenvalue weighted by Gasteiger charge is 2.42. The third kappa shape index (κ3) is 7.46. The molecule has 0 radical (unpaired) electrons. The molecule has 0 fully saturated rings. The normalized spacial score (nSPS) is 13.0. The van der Waals surface area contributed by atoms with Crippen LogP contribution in [-0.4, -0.2) is 41.0 Å². The highest BCUT2D eigenvalue weighted by atomic mass is 32.1. The van der Waals surface area contributed by atoms with Gasteiger partial charge in [0.25, 0.3) is 0 Å². The minimum Gasteiger partial charge on any atom is -0.486 e. The summed E-state index contributed by atoms with van der Waals surface area (Å²) < 4.78 is 61.5. The summed E-state index contributed by atoms with van der Waals surface area (Å²) in [5, 5.41) is 9.37. The van der Waals surface area contributed by atoms with Gasteiger partial charge < -0.3 is 14.1 Å². The lowest BCUT2D eigenvalue weighted by Gasteiger charge is -2.19. The van der Waals surface area contributed by atoms with Gasteiger partial charge in [-0.2, -0.15) is 8.78 Å². The Labute approximate surface area is 302 Å². The molecule has 4 aromatic carbocycles. The average molecular weight is 731 g/mol. The van der Waals surface area contributed by atoms with Crippen LogP contribution in [0.3, 0.4) is 0 Å². The van der Waals surface area contributed by atoms with E-state index >= 15 is 0 Å². The number of carbonyl (C=O) groups excluding carboxylic acids is 2. The zero-order chi connectivity index (χ0) is 37.0. The molecule has 0 spiro atoms. The topological polar surface area (TPSA) is 69.9 Å². The number of oxime groups is 1. The molecular weight excluding hydrogens is 693 g/mol. The minimum absolute atomic E-state index is 0.0685. The second-order valence-electron chi connectivity index (χ2n) is 12.8. The number of carbonyl (C=O) groups is 2. The summed E-state index contributed by atoms with van der Waals surface area (Å²) in [4.78, 5) is 31.7. The number of rotatable bonds is 15. The van der Waals surface area contributed by atoms with Crippen LogP contribution in [0.1, 0.15) is 72.8 Å². The maximum Gasteiger partial charge on any atom is 0.340 e. The second kappa shape index (κ2) is 15.7. The molecule has 6 rings (SSSR count). The first-order valence-electron chi connectivity index (χ1n) is 17.2. The number of ketones is 1. The maximum atomic E-state index is 14.0. The van der Waals surface area contributed by atoms with Crippen molar-refractivity contribution in [3.8, 4) is 5.75 Å². The number of para-hydroxylation sites is 1. The Bertz CT molecular complexity index is 2260. The number of alkyl halides is 4. The van der Waals surface area contributed by atoms with E-state index in [2.05, 4.69) is 23.6 Å². The Kier molecular flexibility index (Phi) is 11.1. The van der Waals surface area contributed by atoms with Gasteiger partial charge in [0.2, 0.25) is 5.78 Å². The third-order valence-corrected chi connectivity index (χ3v) is 10.1. The fraction of sp³-hybridized carbons (Fsp3) is 0.293. The van der Waals surface area contributed by atoms with Crippen LogP contribution in [0.15, 0.2) is 95.5 Å². The Morgan fingerprint density at radius 2 is 1.63 bits per heavy atom. The standard InChI is InChI=1S/C41H38F4N2O4S/c1-4-6-12-26(5-2)23-47-34-19-18-27(37(46-51-25(3)48)30-15-9-10-16-35(30)50-24-41(44,45)40(42)43)21-31(34)32-22-33(39(49)36-17-11-20-52-36)28-13-7-8-14-29(28)38(32)47/h7-11,13-22,26,40H,4-6,12,23-24H2,1-3H3/b46-37+. The number of nitrogens with zero attached hydrogens (tertiary/aromatic N) is 2. The molecular formula is C41H38F4N2O4S. The van der Waals surface area contributed by atoms with E-state index < -0.39 is 24.9 Å². The van der Waals surface area contributed by atoms with Crippen molar-refractivity contribution < 1.29 is 36.7 Å². The van der Waals surface area contributed by atoms with Crippen molar-refractivity contribution in [1.82, 2.24) is 4.57 Å². The van der Waals surface area contributed by atoms with Crippen molar-refractivity contribution in [2.24, 2.45) is 11.1 Å². The number of aromatic nitrogens is 1. The number of hydrogen-bond acceptors (Lipinski definition) is 6. The summed E-state index contributed by atoms with van der Waals surface area (Å²) in [5.74, 6) is -4.97. The highest BCUT2D eigenvalue weighted by molar-refractivity contribution is 7.12. The monoisotopic (exact) mass is 730 g/mol. The van der Waals surface area contributed by atoms with Gasteiger partial charge in [0, 0.05) is 51.8 Å². The average Bonchev–Trinajstić information content (AvgIpc) is 3.79. The van der Waals surface area contributed by atoms with Crippen LogP contribution < -0.4 is 4.74 Å². The Hall–Kier alpha value is -5.03. The SMILES string of the molecule is CCCCC(CC)Cn1c2ccc(/C(=N\OC(C)=O)c3ccccc3OCC(F)(F)C(F)F)cc2c2cc(C(=O)c3cccs3)c3ccccc3c21. The fourth-order valence-corrected chi connectivity index (χ4v) is 7.27. The first kappa shape index (κ1) is 36.8. The first-order chi connectivity index (χ1) is 25.0. The van der Waals surface area contributed by atoms with Crippen molar-refractivity contribution in [1.29, 1.82) is 0 Å². The largest absolute Gasteiger partial charge is 0.486 e. The van der Waals surface area contributed by atoms with Crippen molar-refractivity contribution in [2.75, 3.05) is 6.61 Å². The van der Waals surface area contributed by atoms with Gasteiger partial charge in [-0.05, 0) is 59.5 Å². The summed E-state index contributed by atoms with van der Waals surface area (Å²) >= 11 is 1.38. The van der Waals surface area contributed by atoms with Gasteiger partial charge in [0.05, 0.1) is 10.4 Å². The molecule has 0 saturated carbocycles. The van der Waals surface area contributed by atoms with Crippen LogP contribution in [0.4, 0.5) is 17.6 Å². The molecule has 52 heavy (non-hydrogen) atoms. The Balaban J connectivity index is 1.60. The minimum atomic E-state index is -4.39. The van der Waals surface area contributed by atoms with E-state index in [1.807, 2.05) is 53.9 Å². The van der Waals surface area contributed by atoms with Crippen LogP contribution in [-0.2, 0) is 16.2 Å². The molecule has 270 valence electrons. The molecule has 2 heterocycles. The number of benzene rings is 4. The van der Waals surface area contributed by atoms with Gasteiger partial charge in [-0.25, -0.2) is 13.6 Å². The van der Waals surface area contributed by atoms with Gasteiger partial charge in [-0.3, -0.25) is 4.79 Å². The molecule has 2 aromatic heterocycles. The molecule has 0 amide bonds. The van der Waals surface area contributed by atoms with Crippen LogP contribution in [0, 0.1) is 5.92 Å². The zero-order valence-electron chi connectivity index (χ0n) is 29.0. The van der Waals surface area contributed by atoms with Crippen LogP contribution in [0.25, 0.3) is 32.6 Å². The number of unbranched alkanes of at least 4 members (excludes halogenated alkanes) is 1. The summed E-state index contributed by atoms with van der Waals surface area (Å²) in [6, 6.07) is 25.1. The molecule has 0 bridgehead atoms. The van der Waals surface area contributed by atoms with Crippen molar-refractivity contribution in [3.63, 3.8) is 0 Å². The van der Waals surface area contributed by atoms with Gasteiger partial charge in [-0.15, -0.1) is 11.3 Å². The van der Waals surface area contributed by atoms with Crippen molar-refractivity contribution in [3.05, 3.63) is 112 Å². The molecule has 0 N–H and O–H groups in total. The number of ether oxygens (including phenoxy) is 1. The predicted octanol–water partition coefficient (Wildman–Crippen LogP) is 11.1. The van der Waals surface area contributed by atoms with E-state index in [1.165, 1.54) is 36.5 Å². The molecule has 0 aliphatic carbocycles. The number of thiophene rings is 1. The van der Waals surface area contributed by atoms with Crippen LogP contribution in [0.5, 0.6) is 5.75 Å². The Morgan fingerprint density at radius 3 is 2.33 bits per heavy atom. The molecule has 6 aromatic rings. The van der Waals surface area contributed by atoms with Crippen molar-refractivity contribution in [2.45, 2.75) is 65.3 Å². The van der Waals surface area contributed by atoms with Crippen LogP contribution >= 0.6 is 11.3 Å². The molecule has 1 atom stereocenters. The highest BCUT2D eigenvalue weighted by Crippen LogP contribution is 2.39. The van der Waals surface area contributed by atoms with Gasteiger partial charge in [0.15, 0.2) is 6.61 Å². The lowest BCUT2D eigenvalue weighted by atomic mass is 9.95. The molecule has 0 saturated heterocycles. The molecule has 0 aliphatic rings. The predicted molar refractivity (Wildman–Crippen MR) is 198 cm³/mol. The number of halogens is 4. The molecule has 1 unspecified atom stereocenters. The van der Waals surface area contributed by atoms with E-state index in [9.17, 15) is 27.2 Å². The number of hydrogen-bond donors (Lipinski definition) is 0. The van der Waals surface area contributed by atoms with Gasteiger partial charge >= 0.3 is 18.3 Å². The van der Waals surface area contributed by atoms with Gasteiger partial charge in [-0.1, -0.05) is 86.8 Å². The Morgan fingerprint density at radius 1 is 0.885 bits per heavy atom. The lowest BCUT2D eigenvalue weighted by Crippen LogP contribution is -2.34. The maximum absolute atomic E-state index is 14.0. The van der Waals surface area contributed by atoms with E-state index in [4.69, 9.17) is 9.57 Å². The molecule has 0 aliphatic heterocycles. The zero-order valence-corrected chi connectivity index (χ0v) is 29.8. The summed E-state index contributed by atoms with van der Waals surface area (Å²) in [5.41, 5.74) is 3.10. The quantitative estimate of drug-likeness (QED) is 0.0347. The second-order valence-corrected chi connectivity index (χ2v) is 13.7. The summed E-state index contributed by atoms with van der Waals surface area (Å²) in [7, 11) is 0. The van der Waals surface area contributed by atoms with E-state index in [0.717, 1.165) is 64.8 Å². The van der Waals surface area contributed by atoms with Gasteiger partial charge in [0.1, 0.15) is 11.5 Å². The molecule has 6 nitrogen and oxygen atoms in total. The van der Waals surface area contributed by atoms with E-state index in [-0.39, 0.29) is 22.8 Å². The van der Waals surface area contributed by atoms with Crippen LogP contribution in [0.2, 0.25) is 0 Å². The lowest BCUT2D eigenvalue weighted by molar-refractivity contribution is -0.148. The van der Waals surface area contributed by atoms with E-state index in [0.29, 0.717) is 21.9 Å². The molecule has 11 heteroatoms. The van der Waals surface area contributed by atoms with Crippen molar-refractivity contribution >= 4 is 61.4 Å². The number of fused-ring (bicyclic) bond motifs is 5. The first-order valence-corrected chi connectivity index (χ1v) is 18.1. The summed E-state index contributed by atoms with van der Waals surface area (Å²) in [6.07, 6.45) is 0.294. The summed E-state index contributed by atoms with van der Waals surface area (Å²) in [6.45, 7) is 4.71. The third-order valence-electron chi connectivity index (χ3n) is 9.26. The fourth-order valence-electron chi connectivity index (χ4n) is 6.60.